The predicted octanol–water partition coefficient (Wildman–Crippen LogP) is 2.80. The highest BCUT2D eigenvalue weighted by Crippen LogP contribution is 2.12. The molecule has 0 atom stereocenters. The number of halogens is 1. The molecule has 0 aliphatic carbocycles. The molecule has 4 heteroatoms. The fourth-order valence-corrected chi connectivity index (χ4v) is 1.49. The molecule has 0 saturated carbocycles. The van der Waals surface area contributed by atoms with Gasteiger partial charge in [-0.05, 0) is 26.0 Å². The van der Waals surface area contributed by atoms with Crippen LogP contribution in [0.4, 0.5) is 4.39 Å². The molecule has 0 amide bonds. The molecule has 0 aliphatic rings. The average Bonchev–Trinajstić information content (AvgIpc) is 2.30. The van der Waals surface area contributed by atoms with Gasteiger partial charge in [0.05, 0.1) is 12.0 Å². The molecule has 94 valence electrons. The number of hydrogen-bond donors (Lipinski definition) is 0. The van der Waals surface area contributed by atoms with Gasteiger partial charge in [0.2, 0.25) is 0 Å². The smallest absolute Gasteiger partial charge is 0.170 e. The predicted molar refractivity (Wildman–Crippen MR) is 62.4 cm³/mol. The fraction of sp³-hybridized carbons (Fsp3) is 0.462. The molecule has 1 rings (SSSR count). The number of carbonyl (C=O) groups excluding carboxylic acids is 1. The first-order valence-corrected chi connectivity index (χ1v) is 5.70. The summed E-state index contributed by atoms with van der Waals surface area (Å²) in [6, 6.07) is 5.91. The van der Waals surface area contributed by atoms with Gasteiger partial charge in [0, 0.05) is 13.2 Å². The van der Waals surface area contributed by atoms with E-state index in [-0.39, 0.29) is 17.8 Å². The Morgan fingerprint density at radius 3 is 2.35 bits per heavy atom. The summed E-state index contributed by atoms with van der Waals surface area (Å²) in [5, 5.41) is 0. The number of hydrogen-bond acceptors (Lipinski definition) is 3. The molecule has 1 aromatic carbocycles. The first kappa shape index (κ1) is 13.8. The second kappa shape index (κ2) is 7.14. The zero-order valence-electron chi connectivity index (χ0n) is 10.1. The summed E-state index contributed by atoms with van der Waals surface area (Å²) in [6.45, 7) is 4.55. The molecule has 0 N–H and O–H groups in total. The van der Waals surface area contributed by atoms with Crippen molar-refractivity contribution in [2.24, 2.45) is 0 Å². The van der Waals surface area contributed by atoms with Gasteiger partial charge in [-0.1, -0.05) is 12.1 Å². The van der Waals surface area contributed by atoms with Crippen molar-refractivity contribution >= 4 is 5.78 Å². The van der Waals surface area contributed by atoms with Gasteiger partial charge in [-0.25, -0.2) is 4.39 Å². The first-order valence-electron chi connectivity index (χ1n) is 5.70. The quantitative estimate of drug-likeness (QED) is 0.543. The summed E-state index contributed by atoms with van der Waals surface area (Å²) < 4.78 is 23.9. The van der Waals surface area contributed by atoms with Crippen molar-refractivity contribution in [3.8, 4) is 0 Å². The van der Waals surface area contributed by atoms with Crippen molar-refractivity contribution in [1.29, 1.82) is 0 Å². The minimum absolute atomic E-state index is 0.0304. The SMILES string of the molecule is CCOC(CC(=O)c1ccccc1F)OCC. The van der Waals surface area contributed by atoms with Crippen LogP contribution in [0.15, 0.2) is 24.3 Å². The molecule has 0 aromatic heterocycles. The molecular formula is C13H17FO3. The van der Waals surface area contributed by atoms with E-state index in [9.17, 15) is 9.18 Å². The van der Waals surface area contributed by atoms with E-state index in [0.29, 0.717) is 13.2 Å². The zero-order valence-corrected chi connectivity index (χ0v) is 10.1. The van der Waals surface area contributed by atoms with Gasteiger partial charge in [-0.15, -0.1) is 0 Å². The standard InChI is InChI=1S/C13H17FO3/c1-3-16-13(17-4-2)9-12(15)10-7-5-6-8-11(10)14/h5-8,13H,3-4,9H2,1-2H3. The van der Waals surface area contributed by atoms with Gasteiger partial charge >= 0.3 is 0 Å². The van der Waals surface area contributed by atoms with Crippen molar-refractivity contribution < 1.29 is 18.7 Å². The van der Waals surface area contributed by atoms with E-state index in [1.165, 1.54) is 12.1 Å². The second-order valence-corrected chi connectivity index (χ2v) is 3.45. The van der Waals surface area contributed by atoms with Crippen molar-refractivity contribution in [2.45, 2.75) is 26.6 Å². The van der Waals surface area contributed by atoms with Crippen molar-refractivity contribution in [2.75, 3.05) is 13.2 Å². The highest BCUT2D eigenvalue weighted by atomic mass is 19.1. The lowest BCUT2D eigenvalue weighted by Crippen LogP contribution is -2.22. The Bertz CT molecular complexity index is 359. The summed E-state index contributed by atoms with van der Waals surface area (Å²) >= 11 is 0. The van der Waals surface area contributed by atoms with Crippen LogP contribution in [0.2, 0.25) is 0 Å². The zero-order chi connectivity index (χ0) is 12.7. The third-order valence-corrected chi connectivity index (χ3v) is 2.23. The van der Waals surface area contributed by atoms with E-state index in [1.807, 2.05) is 13.8 Å². The lowest BCUT2D eigenvalue weighted by atomic mass is 10.1. The number of ketones is 1. The topological polar surface area (TPSA) is 35.5 Å². The minimum Gasteiger partial charge on any atom is -0.352 e. The molecule has 0 saturated heterocycles. The normalized spacial score (nSPS) is 10.8. The Kier molecular flexibility index (Phi) is 5.80. The van der Waals surface area contributed by atoms with Gasteiger partial charge in [-0.3, -0.25) is 4.79 Å². The van der Waals surface area contributed by atoms with Gasteiger partial charge in [0.1, 0.15) is 5.82 Å². The number of ether oxygens (including phenoxy) is 2. The molecule has 0 unspecified atom stereocenters. The van der Waals surface area contributed by atoms with Crippen LogP contribution in [-0.4, -0.2) is 25.3 Å². The Morgan fingerprint density at radius 2 is 1.82 bits per heavy atom. The van der Waals surface area contributed by atoms with Crippen LogP contribution in [0, 0.1) is 5.82 Å². The average molecular weight is 240 g/mol. The van der Waals surface area contributed by atoms with Gasteiger partial charge < -0.3 is 9.47 Å². The first-order chi connectivity index (χ1) is 8.19. The van der Waals surface area contributed by atoms with Crippen LogP contribution in [0.5, 0.6) is 0 Å². The number of carbonyl (C=O) groups is 1. The Balaban J connectivity index is 2.67. The van der Waals surface area contributed by atoms with E-state index in [4.69, 9.17) is 9.47 Å². The Morgan fingerprint density at radius 1 is 1.24 bits per heavy atom. The van der Waals surface area contributed by atoms with Gasteiger partial charge in [0.25, 0.3) is 0 Å². The van der Waals surface area contributed by atoms with E-state index in [0.717, 1.165) is 0 Å². The van der Waals surface area contributed by atoms with Crippen LogP contribution in [0.1, 0.15) is 30.6 Å². The summed E-state index contributed by atoms with van der Waals surface area (Å²) in [5.41, 5.74) is 0.0805. The molecule has 3 nitrogen and oxygen atoms in total. The van der Waals surface area contributed by atoms with Crippen LogP contribution in [0.3, 0.4) is 0 Å². The molecule has 17 heavy (non-hydrogen) atoms. The molecule has 0 bridgehead atoms. The van der Waals surface area contributed by atoms with Crippen molar-refractivity contribution in [1.82, 2.24) is 0 Å². The fourth-order valence-electron chi connectivity index (χ4n) is 1.49. The van der Waals surface area contributed by atoms with Crippen LogP contribution in [0.25, 0.3) is 0 Å². The molecule has 0 radical (unpaired) electrons. The summed E-state index contributed by atoms with van der Waals surface area (Å²) in [7, 11) is 0. The number of benzene rings is 1. The molecule has 0 fully saturated rings. The molecule has 0 spiro atoms. The molecule has 1 aromatic rings. The van der Waals surface area contributed by atoms with E-state index < -0.39 is 12.1 Å². The maximum atomic E-state index is 13.4. The third kappa shape index (κ3) is 4.24. The summed E-state index contributed by atoms with van der Waals surface area (Å²) in [6.07, 6.45) is -0.570. The number of Topliss-reactive ketones (excluding diaryl/α,β-unsaturated/α-hetero) is 1. The maximum absolute atomic E-state index is 13.4. The minimum atomic E-state index is -0.600. The number of rotatable bonds is 7. The largest absolute Gasteiger partial charge is 0.352 e. The highest BCUT2D eigenvalue weighted by molar-refractivity contribution is 5.96. The van der Waals surface area contributed by atoms with Gasteiger partial charge in [-0.2, -0.15) is 0 Å². The molecular weight excluding hydrogens is 223 g/mol. The summed E-state index contributed by atoms with van der Waals surface area (Å²) in [5.74, 6) is -0.820. The van der Waals surface area contributed by atoms with Crippen molar-refractivity contribution in [3.63, 3.8) is 0 Å². The second-order valence-electron chi connectivity index (χ2n) is 3.45. The van der Waals surface area contributed by atoms with Gasteiger partial charge in [0.15, 0.2) is 12.1 Å². The van der Waals surface area contributed by atoms with E-state index in [1.54, 1.807) is 12.1 Å². The third-order valence-electron chi connectivity index (χ3n) is 2.23. The van der Waals surface area contributed by atoms with E-state index >= 15 is 0 Å². The van der Waals surface area contributed by atoms with Crippen LogP contribution >= 0.6 is 0 Å². The summed E-state index contributed by atoms with van der Waals surface area (Å²) in [4.78, 5) is 11.8. The maximum Gasteiger partial charge on any atom is 0.170 e. The molecule has 0 aliphatic heterocycles. The van der Waals surface area contributed by atoms with Crippen LogP contribution < -0.4 is 0 Å². The van der Waals surface area contributed by atoms with E-state index in [2.05, 4.69) is 0 Å². The Labute approximate surface area is 101 Å². The monoisotopic (exact) mass is 240 g/mol. The van der Waals surface area contributed by atoms with Crippen molar-refractivity contribution in [3.05, 3.63) is 35.6 Å². The highest BCUT2D eigenvalue weighted by Gasteiger charge is 2.17. The Hall–Kier alpha value is -1.26. The molecule has 0 heterocycles. The lowest BCUT2D eigenvalue weighted by molar-refractivity contribution is -0.133. The van der Waals surface area contributed by atoms with Crippen LogP contribution in [-0.2, 0) is 9.47 Å². The lowest BCUT2D eigenvalue weighted by Gasteiger charge is -2.16.